The lowest BCUT2D eigenvalue weighted by Crippen LogP contribution is -2.42. The summed E-state index contributed by atoms with van der Waals surface area (Å²) in [6, 6.07) is 5.51. The zero-order valence-electron chi connectivity index (χ0n) is 16.6. The van der Waals surface area contributed by atoms with Gasteiger partial charge in [-0.3, -0.25) is 14.5 Å². The Morgan fingerprint density at radius 1 is 1.13 bits per heavy atom. The Balaban J connectivity index is 1.33. The van der Waals surface area contributed by atoms with Gasteiger partial charge in [-0.15, -0.1) is 0 Å². The Bertz CT molecular complexity index is 974. The fourth-order valence-corrected chi connectivity index (χ4v) is 5.86. The van der Waals surface area contributed by atoms with Gasteiger partial charge in [0, 0.05) is 12.5 Å². The van der Waals surface area contributed by atoms with Gasteiger partial charge in [-0.2, -0.15) is 0 Å². The summed E-state index contributed by atoms with van der Waals surface area (Å²) in [5.41, 5.74) is 0.906. The predicted molar refractivity (Wildman–Crippen MR) is 102 cm³/mol. The molecule has 4 aliphatic rings. The second-order valence-electron chi connectivity index (χ2n) is 8.26. The van der Waals surface area contributed by atoms with Gasteiger partial charge in [0.05, 0.1) is 32.0 Å². The molecule has 0 aromatic heterocycles. The van der Waals surface area contributed by atoms with Crippen molar-refractivity contribution in [1.82, 2.24) is 4.90 Å². The topological polar surface area (TPSA) is 115 Å². The summed E-state index contributed by atoms with van der Waals surface area (Å²) >= 11 is 0. The summed E-state index contributed by atoms with van der Waals surface area (Å²) in [6.07, 6.45) is 0.723. The highest BCUT2D eigenvalue weighted by Gasteiger charge is 2.70. The van der Waals surface area contributed by atoms with E-state index in [1.807, 2.05) is 12.1 Å². The Labute approximate surface area is 172 Å². The smallest absolute Gasteiger partial charge is 0.354 e. The fraction of sp³-hybridized carbons (Fsp3) is 0.524. The molecule has 2 saturated carbocycles. The van der Waals surface area contributed by atoms with E-state index in [9.17, 15) is 19.5 Å². The number of ether oxygens (including phenoxy) is 2. The van der Waals surface area contributed by atoms with Gasteiger partial charge < -0.3 is 19.4 Å². The summed E-state index contributed by atoms with van der Waals surface area (Å²) in [5.74, 6) is -1.96. The number of aliphatic carboxylic acids is 1. The van der Waals surface area contributed by atoms with Crippen molar-refractivity contribution < 1.29 is 33.8 Å². The molecule has 1 aromatic carbocycles. The second-order valence-corrected chi connectivity index (χ2v) is 8.26. The van der Waals surface area contributed by atoms with E-state index in [-0.39, 0.29) is 35.9 Å². The van der Waals surface area contributed by atoms with Gasteiger partial charge in [0.2, 0.25) is 11.8 Å². The van der Waals surface area contributed by atoms with Gasteiger partial charge in [0.15, 0.2) is 17.2 Å². The normalized spacial score (nSPS) is 33.3. The molecule has 5 rings (SSSR count). The molecular weight excluding hydrogens is 392 g/mol. The number of imide groups is 1. The van der Waals surface area contributed by atoms with Crippen molar-refractivity contribution >= 4 is 23.5 Å². The minimum Gasteiger partial charge on any atom is -0.493 e. The minimum absolute atomic E-state index is 0.0185. The third-order valence-electron chi connectivity index (χ3n) is 7.07. The second kappa shape index (κ2) is 6.72. The third kappa shape index (κ3) is 2.47. The van der Waals surface area contributed by atoms with Gasteiger partial charge in [-0.25, -0.2) is 4.79 Å². The summed E-state index contributed by atoms with van der Waals surface area (Å²) < 4.78 is 10.6. The number of carboxylic acids is 1. The van der Waals surface area contributed by atoms with Crippen molar-refractivity contribution in [3.8, 4) is 11.5 Å². The van der Waals surface area contributed by atoms with Crippen molar-refractivity contribution in [3.05, 3.63) is 23.8 Å². The molecule has 3 fully saturated rings. The van der Waals surface area contributed by atoms with Crippen LogP contribution in [0.3, 0.4) is 0 Å². The maximum atomic E-state index is 13.1. The van der Waals surface area contributed by atoms with Crippen LogP contribution in [0.25, 0.3) is 0 Å². The summed E-state index contributed by atoms with van der Waals surface area (Å²) in [4.78, 5) is 44.4. The number of rotatable bonds is 6. The highest BCUT2D eigenvalue weighted by Crippen LogP contribution is 2.61. The SMILES string of the molecule is COc1ccc(CCN2C(=O)[C@H]3[C@@H]4C[C@@H]([C@H]5ON=C(C(=O)O)[C@H]45)[C@@H]3C2=O)cc1OC. The first-order valence-corrected chi connectivity index (χ1v) is 9.99. The Morgan fingerprint density at radius 3 is 2.50 bits per heavy atom. The number of fused-ring (bicyclic) bond motifs is 8. The van der Waals surface area contributed by atoms with Gasteiger partial charge in [-0.05, 0) is 36.5 Å². The van der Waals surface area contributed by atoms with Crippen LogP contribution in [-0.2, 0) is 25.6 Å². The van der Waals surface area contributed by atoms with E-state index in [0.717, 1.165) is 5.56 Å². The maximum Gasteiger partial charge on any atom is 0.354 e. The molecule has 30 heavy (non-hydrogen) atoms. The molecule has 1 saturated heterocycles. The fourth-order valence-electron chi connectivity index (χ4n) is 5.86. The number of hydrogen-bond donors (Lipinski definition) is 1. The molecule has 2 bridgehead atoms. The number of carboxylic acid groups (broad SMARTS) is 1. The Kier molecular flexibility index (Phi) is 4.23. The number of oxime groups is 1. The monoisotopic (exact) mass is 414 g/mol. The van der Waals surface area contributed by atoms with Crippen LogP contribution in [0.15, 0.2) is 23.4 Å². The number of benzene rings is 1. The van der Waals surface area contributed by atoms with E-state index in [1.54, 1.807) is 20.3 Å². The van der Waals surface area contributed by atoms with Crippen LogP contribution in [0.5, 0.6) is 11.5 Å². The lowest BCUT2D eigenvalue weighted by atomic mass is 9.72. The molecule has 6 atom stereocenters. The number of likely N-dealkylation sites (tertiary alicyclic amines) is 1. The molecule has 9 heteroatoms. The van der Waals surface area contributed by atoms with E-state index in [1.165, 1.54) is 4.90 Å². The predicted octanol–water partition coefficient (Wildman–Crippen LogP) is 0.953. The summed E-state index contributed by atoms with van der Waals surface area (Å²) in [5, 5.41) is 13.1. The van der Waals surface area contributed by atoms with Crippen LogP contribution >= 0.6 is 0 Å². The number of nitrogens with zero attached hydrogens (tertiary/aromatic N) is 2. The largest absolute Gasteiger partial charge is 0.493 e. The molecular formula is C21H22N2O7. The zero-order valence-corrected chi connectivity index (χ0v) is 16.6. The van der Waals surface area contributed by atoms with Gasteiger partial charge in [0.1, 0.15) is 6.10 Å². The van der Waals surface area contributed by atoms with Crippen LogP contribution in [0, 0.1) is 29.6 Å². The van der Waals surface area contributed by atoms with Crippen molar-refractivity contribution in [2.24, 2.45) is 34.7 Å². The molecule has 2 aliphatic carbocycles. The van der Waals surface area contributed by atoms with Crippen molar-refractivity contribution in [2.75, 3.05) is 20.8 Å². The summed E-state index contributed by atoms with van der Waals surface area (Å²) in [7, 11) is 3.12. The standard InChI is InChI=1S/C21H22N2O7/c1-28-12-4-3-9(7-13(12)29-2)5-6-23-19(24)14-10-8-11(15(14)20(23)25)18-16(10)17(21(26)27)22-30-18/h3-4,7,10-11,14-16,18H,5-6,8H2,1-2H3,(H,26,27)/t10-,11+,14-,15-,16-,18+/m0/s1. The van der Waals surface area contributed by atoms with E-state index < -0.39 is 29.8 Å². The van der Waals surface area contributed by atoms with Crippen LogP contribution in [0.4, 0.5) is 0 Å². The number of carbonyl (C=O) groups is 3. The van der Waals surface area contributed by atoms with Gasteiger partial charge >= 0.3 is 5.97 Å². The highest BCUT2D eigenvalue weighted by atomic mass is 16.6. The van der Waals surface area contributed by atoms with E-state index in [0.29, 0.717) is 24.3 Å². The molecule has 2 aliphatic heterocycles. The number of carbonyl (C=O) groups excluding carboxylic acids is 2. The molecule has 0 spiro atoms. The zero-order chi connectivity index (χ0) is 21.2. The number of amides is 2. The molecule has 2 heterocycles. The van der Waals surface area contributed by atoms with Crippen molar-refractivity contribution in [3.63, 3.8) is 0 Å². The first kappa shape index (κ1) is 18.9. The van der Waals surface area contributed by atoms with Crippen molar-refractivity contribution in [2.45, 2.75) is 18.9 Å². The van der Waals surface area contributed by atoms with Gasteiger partial charge in [0.25, 0.3) is 0 Å². The van der Waals surface area contributed by atoms with Crippen LogP contribution in [0.2, 0.25) is 0 Å². The third-order valence-corrected chi connectivity index (χ3v) is 7.07. The number of hydrogen-bond acceptors (Lipinski definition) is 7. The molecule has 1 aromatic rings. The van der Waals surface area contributed by atoms with Crippen molar-refractivity contribution in [1.29, 1.82) is 0 Å². The molecule has 9 nitrogen and oxygen atoms in total. The molecule has 158 valence electrons. The highest BCUT2D eigenvalue weighted by molar-refractivity contribution is 6.37. The minimum atomic E-state index is -1.12. The number of methoxy groups -OCH3 is 2. The molecule has 2 amide bonds. The molecule has 0 unspecified atom stereocenters. The van der Waals surface area contributed by atoms with E-state index in [2.05, 4.69) is 5.16 Å². The maximum absolute atomic E-state index is 13.1. The Hall–Kier alpha value is -3.10. The average molecular weight is 414 g/mol. The first-order valence-electron chi connectivity index (χ1n) is 9.99. The average Bonchev–Trinajstić information content (AvgIpc) is 3.47. The first-order chi connectivity index (χ1) is 14.5. The van der Waals surface area contributed by atoms with Crippen LogP contribution in [0.1, 0.15) is 12.0 Å². The van der Waals surface area contributed by atoms with E-state index in [4.69, 9.17) is 14.3 Å². The lowest BCUT2D eigenvalue weighted by Gasteiger charge is -2.29. The Morgan fingerprint density at radius 2 is 1.83 bits per heavy atom. The summed E-state index contributed by atoms with van der Waals surface area (Å²) in [6.45, 7) is 0.273. The van der Waals surface area contributed by atoms with E-state index >= 15 is 0 Å². The lowest BCUT2D eigenvalue weighted by molar-refractivity contribution is -0.141. The molecule has 1 N–H and O–H groups in total. The quantitative estimate of drug-likeness (QED) is 0.689. The van der Waals surface area contributed by atoms with Crippen LogP contribution in [-0.4, -0.2) is 60.4 Å². The van der Waals surface area contributed by atoms with Gasteiger partial charge in [-0.1, -0.05) is 11.2 Å². The molecule has 0 radical (unpaired) electrons. The van der Waals surface area contributed by atoms with Crippen LogP contribution < -0.4 is 9.47 Å².